The van der Waals surface area contributed by atoms with Gasteiger partial charge in [-0.1, -0.05) is 41.9 Å². The molecule has 0 spiro atoms. The lowest BCUT2D eigenvalue weighted by Crippen LogP contribution is -2.23. The highest BCUT2D eigenvalue weighted by atomic mass is 79.9. The zero-order valence-corrected chi connectivity index (χ0v) is 10.8. The SMILES string of the molecule is CC(C(=O)O)C(C)C(O)c1ccc(Br)cc1. The molecule has 1 rings (SSSR count). The van der Waals surface area contributed by atoms with Gasteiger partial charge in [0, 0.05) is 4.47 Å². The van der Waals surface area contributed by atoms with Crippen LogP contribution in [-0.2, 0) is 4.79 Å². The van der Waals surface area contributed by atoms with Crippen molar-refractivity contribution >= 4 is 21.9 Å². The van der Waals surface area contributed by atoms with Crippen LogP contribution >= 0.6 is 15.9 Å². The molecule has 0 radical (unpaired) electrons. The van der Waals surface area contributed by atoms with Gasteiger partial charge in [0.25, 0.3) is 0 Å². The van der Waals surface area contributed by atoms with Gasteiger partial charge in [0.1, 0.15) is 0 Å². The lowest BCUT2D eigenvalue weighted by atomic mass is 9.87. The fourth-order valence-corrected chi connectivity index (χ4v) is 1.73. The number of aliphatic hydroxyl groups is 1. The maximum Gasteiger partial charge on any atom is 0.306 e. The fourth-order valence-electron chi connectivity index (χ4n) is 1.46. The number of halogens is 1. The maximum absolute atomic E-state index is 10.8. The van der Waals surface area contributed by atoms with E-state index in [9.17, 15) is 9.90 Å². The van der Waals surface area contributed by atoms with Crippen LogP contribution < -0.4 is 0 Å². The average Bonchev–Trinajstić information content (AvgIpc) is 2.27. The lowest BCUT2D eigenvalue weighted by molar-refractivity contribution is -0.144. The van der Waals surface area contributed by atoms with Crippen LogP contribution in [-0.4, -0.2) is 16.2 Å². The Bertz CT molecular complexity index is 361. The predicted octanol–water partition coefficient (Wildman–Crippen LogP) is 2.84. The first kappa shape index (κ1) is 13.2. The highest BCUT2D eigenvalue weighted by molar-refractivity contribution is 9.10. The summed E-state index contributed by atoms with van der Waals surface area (Å²) < 4.78 is 0.933. The molecule has 3 unspecified atom stereocenters. The van der Waals surface area contributed by atoms with Crippen molar-refractivity contribution < 1.29 is 15.0 Å². The first-order valence-corrected chi connectivity index (χ1v) is 5.89. The molecule has 1 aromatic rings. The summed E-state index contributed by atoms with van der Waals surface area (Å²) in [5.74, 6) is -1.78. The van der Waals surface area contributed by atoms with Crippen LogP contribution in [0.25, 0.3) is 0 Å². The van der Waals surface area contributed by atoms with Crippen molar-refractivity contribution in [3.05, 3.63) is 34.3 Å². The summed E-state index contributed by atoms with van der Waals surface area (Å²) in [6.45, 7) is 3.35. The number of carbonyl (C=O) groups is 1. The molecular formula is C12H15BrO3. The molecule has 16 heavy (non-hydrogen) atoms. The summed E-state index contributed by atoms with van der Waals surface area (Å²) >= 11 is 3.31. The van der Waals surface area contributed by atoms with E-state index in [1.165, 1.54) is 0 Å². The zero-order chi connectivity index (χ0) is 12.3. The number of hydrogen-bond acceptors (Lipinski definition) is 2. The van der Waals surface area contributed by atoms with Crippen LogP contribution in [0.3, 0.4) is 0 Å². The average molecular weight is 287 g/mol. The van der Waals surface area contributed by atoms with Gasteiger partial charge < -0.3 is 10.2 Å². The molecule has 0 fully saturated rings. The molecule has 2 N–H and O–H groups in total. The van der Waals surface area contributed by atoms with Crippen molar-refractivity contribution in [1.82, 2.24) is 0 Å². The fraction of sp³-hybridized carbons (Fsp3) is 0.417. The normalized spacial score (nSPS) is 16.5. The monoisotopic (exact) mass is 286 g/mol. The Labute approximate surface area is 103 Å². The molecule has 0 aliphatic heterocycles. The molecule has 4 heteroatoms. The second-order valence-electron chi connectivity index (χ2n) is 3.98. The lowest BCUT2D eigenvalue weighted by Gasteiger charge is -2.22. The van der Waals surface area contributed by atoms with E-state index in [4.69, 9.17) is 5.11 Å². The van der Waals surface area contributed by atoms with Gasteiger partial charge in [0.15, 0.2) is 0 Å². The van der Waals surface area contributed by atoms with E-state index >= 15 is 0 Å². The van der Waals surface area contributed by atoms with Gasteiger partial charge in [0.05, 0.1) is 12.0 Å². The quantitative estimate of drug-likeness (QED) is 0.895. The minimum Gasteiger partial charge on any atom is -0.481 e. The first-order chi connectivity index (χ1) is 7.43. The number of hydrogen-bond donors (Lipinski definition) is 2. The van der Waals surface area contributed by atoms with E-state index in [-0.39, 0.29) is 5.92 Å². The highest BCUT2D eigenvalue weighted by Gasteiger charge is 2.26. The predicted molar refractivity (Wildman–Crippen MR) is 65.1 cm³/mol. The standard InChI is InChI=1S/C12H15BrO3/c1-7(8(2)12(15)16)11(14)9-3-5-10(13)6-4-9/h3-8,11,14H,1-2H3,(H,15,16). The molecule has 1 aromatic carbocycles. The molecule has 3 nitrogen and oxygen atoms in total. The van der Waals surface area contributed by atoms with E-state index < -0.39 is 18.0 Å². The van der Waals surface area contributed by atoms with Crippen molar-refractivity contribution in [1.29, 1.82) is 0 Å². The Morgan fingerprint density at radius 3 is 2.19 bits per heavy atom. The van der Waals surface area contributed by atoms with Gasteiger partial charge in [-0.3, -0.25) is 4.79 Å². The van der Waals surface area contributed by atoms with Crippen molar-refractivity contribution in [3.8, 4) is 0 Å². The van der Waals surface area contributed by atoms with Crippen LogP contribution in [0.1, 0.15) is 25.5 Å². The Kier molecular flexibility index (Phi) is 4.50. The van der Waals surface area contributed by atoms with Crippen LogP contribution in [0.5, 0.6) is 0 Å². The van der Waals surface area contributed by atoms with E-state index in [1.54, 1.807) is 26.0 Å². The van der Waals surface area contributed by atoms with Gasteiger partial charge in [-0.2, -0.15) is 0 Å². The second-order valence-corrected chi connectivity index (χ2v) is 4.90. The molecule has 0 aliphatic rings. The Balaban J connectivity index is 2.81. The van der Waals surface area contributed by atoms with Crippen molar-refractivity contribution in [3.63, 3.8) is 0 Å². The smallest absolute Gasteiger partial charge is 0.306 e. The van der Waals surface area contributed by atoms with Gasteiger partial charge in [-0.15, -0.1) is 0 Å². The number of aliphatic carboxylic acids is 1. The minimum absolute atomic E-state index is 0.321. The molecule has 0 saturated carbocycles. The molecule has 0 aromatic heterocycles. The summed E-state index contributed by atoms with van der Waals surface area (Å²) in [6, 6.07) is 7.24. The van der Waals surface area contributed by atoms with Crippen LogP contribution in [0, 0.1) is 11.8 Å². The van der Waals surface area contributed by atoms with Crippen molar-refractivity contribution in [2.45, 2.75) is 20.0 Å². The van der Waals surface area contributed by atoms with Gasteiger partial charge in [0.2, 0.25) is 0 Å². The Hall–Kier alpha value is -0.870. The van der Waals surface area contributed by atoms with E-state index in [2.05, 4.69) is 15.9 Å². The third-order valence-corrected chi connectivity index (χ3v) is 3.42. The van der Waals surface area contributed by atoms with Crippen LogP contribution in [0.15, 0.2) is 28.7 Å². The van der Waals surface area contributed by atoms with Gasteiger partial charge >= 0.3 is 5.97 Å². The molecule has 0 amide bonds. The summed E-state index contributed by atoms with van der Waals surface area (Å²) in [5, 5.41) is 18.9. The molecule has 88 valence electrons. The van der Waals surface area contributed by atoms with Gasteiger partial charge in [-0.25, -0.2) is 0 Å². The second kappa shape index (κ2) is 5.46. The van der Waals surface area contributed by atoms with Crippen molar-refractivity contribution in [2.24, 2.45) is 11.8 Å². The zero-order valence-electron chi connectivity index (χ0n) is 9.22. The molecule has 0 aliphatic carbocycles. The maximum atomic E-state index is 10.8. The number of carboxylic acid groups (broad SMARTS) is 1. The van der Waals surface area contributed by atoms with Crippen LogP contribution in [0.2, 0.25) is 0 Å². The molecular weight excluding hydrogens is 272 g/mol. The highest BCUT2D eigenvalue weighted by Crippen LogP contribution is 2.28. The summed E-state index contributed by atoms with van der Waals surface area (Å²) in [4.78, 5) is 10.8. The van der Waals surface area contributed by atoms with Gasteiger partial charge in [-0.05, 0) is 23.6 Å². The van der Waals surface area contributed by atoms with E-state index in [0.29, 0.717) is 0 Å². The number of rotatable bonds is 4. The largest absolute Gasteiger partial charge is 0.481 e. The molecule has 0 saturated heterocycles. The van der Waals surface area contributed by atoms with E-state index in [1.807, 2.05) is 12.1 Å². The number of aliphatic hydroxyl groups excluding tert-OH is 1. The van der Waals surface area contributed by atoms with E-state index in [0.717, 1.165) is 10.0 Å². The van der Waals surface area contributed by atoms with Crippen molar-refractivity contribution in [2.75, 3.05) is 0 Å². The number of benzene rings is 1. The number of carboxylic acids is 1. The molecule has 0 bridgehead atoms. The van der Waals surface area contributed by atoms with Crippen LogP contribution in [0.4, 0.5) is 0 Å². The molecule has 3 atom stereocenters. The third-order valence-electron chi connectivity index (χ3n) is 2.89. The third kappa shape index (κ3) is 3.06. The molecule has 0 heterocycles. The Morgan fingerprint density at radius 2 is 1.75 bits per heavy atom. The minimum atomic E-state index is -0.885. The topological polar surface area (TPSA) is 57.5 Å². The summed E-state index contributed by atoms with van der Waals surface area (Å²) in [6.07, 6.45) is -0.751. The Morgan fingerprint density at radius 1 is 1.25 bits per heavy atom. The summed E-state index contributed by atoms with van der Waals surface area (Å²) in [7, 11) is 0. The first-order valence-electron chi connectivity index (χ1n) is 5.09. The summed E-state index contributed by atoms with van der Waals surface area (Å²) in [5.41, 5.74) is 0.740.